The first-order chi connectivity index (χ1) is 10.0. The fraction of sp³-hybridized carbons (Fsp3) is 0.438. The van der Waals surface area contributed by atoms with Gasteiger partial charge in [0.15, 0.2) is 0 Å². The van der Waals surface area contributed by atoms with Gasteiger partial charge in [-0.2, -0.15) is 5.10 Å². The minimum absolute atomic E-state index is 0.154. The highest BCUT2D eigenvalue weighted by atomic mass is 35.5. The van der Waals surface area contributed by atoms with Gasteiger partial charge >= 0.3 is 0 Å². The third-order valence-electron chi connectivity index (χ3n) is 3.49. The molecule has 0 aliphatic heterocycles. The highest BCUT2D eigenvalue weighted by molar-refractivity contribution is 6.35. The lowest BCUT2D eigenvalue weighted by molar-refractivity contribution is 0.516. The number of hydrogen-bond acceptors (Lipinski definition) is 2. The van der Waals surface area contributed by atoms with Gasteiger partial charge in [-0.1, -0.05) is 36.2 Å². The Morgan fingerprint density at radius 3 is 2.62 bits per heavy atom. The van der Waals surface area contributed by atoms with E-state index >= 15 is 0 Å². The lowest BCUT2D eigenvalue weighted by atomic mass is 10.0. The Balaban J connectivity index is 2.30. The fourth-order valence-electron chi connectivity index (χ4n) is 2.57. The molecule has 0 spiro atoms. The Labute approximate surface area is 136 Å². The van der Waals surface area contributed by atoms with Gasteiger partial charge in [0.1, 0.15) is 0 Å². The second-order valence-corrected chi connectivity index (χ2v) is 5.92. The smallest absolute Gasteiger partial charge is 0.0596 e. The van der Waals surface area contributed by atoms with E-state index in [1.165, 1.54) is 5.69 Å². The number of aromatic nitrogens is 2. The summed E-state index contributed by atoms with van der Waals surface area (Å²) in [5.74, 6) is 0. The predicted molar refractivity (Wildman–Crippen MR) is 89.2 cm³/mol. The van der Waals surface area contributed by atoms with Crippen LogP contribution in [-0.4, -0.2) is 16.3 Å². The van der Waals surface area contributed by atoms with Crippen LogP contribution in [0.2, 0.25) is 10.0 Å². The van der Waals surface area contributed by atoms with E-state index in [-0.39, 0.29) is 6.04 Å². The van der Waals surface area contributed by atoms with Crippen LogP contribution in [0.4, 0.5) is 0 Å². The maximum absolute atomic E-state index is 6.36. The van der Waals surface area contributed by atoms with Crippen LogP contribution < -0.4 is 5.32 Å². The molecular weight excluding hydrogens is 305 g/mol. The van der Waals surface area contributed by atoms with E-state index in [1.54, 1.807) is 6.07 Å². The summed E-state index contributed by atoms with van der Waals surface area (Å²) in [5.41, 5.74) is 3.33. The van der Waals surface area contributed by atoms with E-state index in [2.05, 4.69) is 30.3 Å². The summed E-state index contributed by atoms with van der Waals surface area (Å²) >= 11 is 12.3. The minimum atomic E-state index is 0.154. The Morgan fingerprint density at radius 2 is 2.00 bits per heavy atom. The molecule has 1 heterocycles. The third kappa shape index (κ3) is 4.00. The van der Waals surface area contributed by atoms with E-state index in [4.69, 9.17) is 23.2 Å². The molecular formula is C16H21Cl2N3. The van der Waals surface area contributed by atoms with Crippen molar-refractivity contribution in [1.29, 1.82) is 0 Å². The molecule has 1 atom stereocenters. The van der Waals surface area contributed by atoms with Gasteiger partial charge in [0, 0.05) is 34.7 Å². The number of likely N-dealkylation sites (N-methyl/N-ethyl adjacent to an activating group) is 1. The largest absolute Gasteiger partial charge is 0.310 e. The maximum Gasteiger partial charge on any atom is 0.0596 e. The van der Waals surface area contributed by atoms with E-state index in [0.29, 0.717) is 10.0 Å². The molecule has 5 heteroatoms. The molecule has 0 saturated carbocycles. The van der Waals surface area contributed by atoms with Gasteiger partial charge in [-0.05, 0) is 44.2 Å². The number of rotatable bonds is 6. The average Bonchev–Trinajstić information content (AvgIpc) is 2.78. The number of hydrogen-bond donors (Lipinski definition) is 1. The van der Waals surface area contributed by atoms with Crippen molar-refractivity contribution < 1.29 is 0 Å². The van der Waals surface area contributed by atoms with Crippen molar-refractivity contribution in [3.63, 3.8) is 0 Å². The van der Waals surface area contributed by atoms with Crippen LogP contribution in [-0.2, 0) is 13.0 Å². The molecule has 0 fully saturated rings. The summed E-state index contributed by atoms with van der Waals surface area (Å²) in [7, 11) is 0. The van der Waals surface area contributed by atoms with Gasteiger partial charge in [0.2, 0.25) is 0 Å². The summed E-state index contributed by atoms with van der Waals surface area (Å²) in [6, 6.07) is 7.97. The highest BCUT2D eigenvalue weighted by Gasteiger charge is 2.17. The molecule has 1 aromatic carbocycles. The van der Waals surface area contributed by atoms with Crippen LogP contribution in [0, 0.1) is 6.92 Å². The summed E-state index contributed by atoms with van der Waals surface area (Å²) in [4.78, 5) is 0. The van der Waals surface area contributed by atoms with Crippen molar-refractivity contribution in [2.24, 2.45) is 0 Å². The van der Waals surface area contributed by atoms with Gasteiger partial charge in [-0.3, -0.25) is 4.68 Å². The molecule has 1 unspecified atom stereocenters. The molecule has 2 rings (SSSR count). The van der Waals surface area contributed by atoms with Crippen LogP contribution >= 0.6 is 23.2 Å². The fourth-order valence-corrected chi connectivity index (χ4v) is 3.11. The van der Waals surface area contributed by atoms with Gasteiger partial charge in [-0.15, -0.1) is 0 Å². The van der Waals surface area contributed by atoms with Crippen molar-refractivity contribution in [1.82, 2.24) is 15.1 Å². The Morgan fingerprint density at radius 1 is 1.24 bits per heavy atom. The first-order valence-electron chi connectivity index (χ1n) is 7.26. The van der Waals surface area contributed by atoms with Crippen molar-refractivity contribution in [3.8, 4) is 0 Å². The van der Waals surface area contributed by atoms with Gasteiger partial charge < -0.3 is 5.32 Å². The number of aryl methyl sites for hydroxylation is 2. The minimum Gasteiger partial charge on any atom is -0.310 e. The van der Waals surface area contributed by atoms with E-state index in [9.17, 15) is 0 Å². The number of halogens is 2. The van der Waals surface area contributed by atoms with Crippen molar-refractivity contribution in [2.45, 2.75) is 39.8 Å². The standard InChI is InChI=1S/C16H21Cl2N3/c1-4-19-16(14-7-6-12(17)9-15(14)18)10-13-8-11(3)20-21(13)5-2/h6-9,16,19H,4-5,10H2,1-3H3. The van der Waals surface area contributed by atoms with Crippen LogP contribution in [0.5, 0.6) is 0 Å². The molecule has 3 nitrogen and oxygen atoms in total. The predicted octanol–water partition coefficient (Wildman–Crippen LogP) is 4.41. The maximum atomic E-state index is 6.36. The van der Waals surface area contributed by atoms with Gasteiger partial charge in [-0.25, -0.2) is 0 Å². The van der Waals surface area contributed by atoms with E-state index in [1.807, 2.05) is 23.7 Å². The summed E-state index contributed by atoms with van der Waals surface area (Å²) < 4.78 is 2.05. The Kier molecular flexibility index (Phi) is 5.68. The van der Waals surface area contributed by atoms with Gasteiger partial charge in [0.05, 0.1) is 5.69 Å². The lowest BCUT2D eigenvalue weighted by Gasteiger charge is -2.20. The van der Waals surface area contributed by atoms with Crippen LogP contribution in [0.1, 0.15) is 36.8 Å². The quantitative estimate of drug-likeness (QED) is 0.852. The van der Waals surface area contributed by atoms with Crippen molar-refractivity contribution in [2.75, 3.05) is 6.54 Å². The van der Waals surface area contributed by atoms with Crippen LogP contribution in [0.15, 0.2) is 24.3 Å². The number of nitrogens with one attached hydrogen (secondary N) is 1. The molecule has 1 aromatic heterocycles. The normalized spacial score (nSPS) is 12.6. The van der Waals surface area contributed by atoms with E-state index in [0.717, 1.165) is 30.8 Å². The average molecular weight is 326 g/mol. The topological polar surface area (TPSA) is 29.9 Å². The third-order valence-corrected chi connectivity index (χ3v) is 4.05. The van der Waals surface area contributed by atoms with E-state index < -0.39 is 0 Å². The zero-order valence-corrected chi connectivity index (χ0v) is 14.2. The molecule has 0 aliphatic rings. The second kappa shape index (κ2) is 7.30. The number of benzene rings is 1. The zero-order chi connectivity index (χ0) is 15.4. The monoisotopic (exact) mass is 325 g/mol. The first kappa shape index (κ1) is 16.3. The zero-order valence-electron chi connectivity index (χ0n) is 12.7. The lowest BCUT2D eigenvalue weighted by Crippen LogP contribution is -2.24. The molecule has 2 aromatic rings. The Bertz CT molecular complexity index is 608. The summed E-state index contributed by atoms with van der Waals surface area (Å²) in [5, 5.41) is 9.37. The molecule has 21 heavy (non-hydrogen) atoms. The van der Waals surface area contributed by atoms with Crippen LogP contribution in [0.25, 0.3) is 0 Å². The molecule has 1 N–H and O–H groups in total. The van der Waals surface area contributed by atoms with Crippen LogP contribution in [0.3, 0.4) is 0 Å². The second-order valence-electron chi connectivity index (χ2n) is 5.07. The number of nitrogens with zero attached hydrogens (tertiary/aromatic N) is 2. The molecule has 114 valence electrons. The van der Waals surface area contributed by atoms with Crippen molar-refractivity contribution in [3.05, 3.63) is 51.3 Å². The summed E-state index contributed by atoms with van der Waals surface area (Å²) in [6.45, 7) is 7.97. The Hall–Kier alpha value is -1.03. The molecule has 0 radical (unpaired) electrons. The molecule has 0 amide bonds. The van der Waals surface area contributed by atoms with Crippen molar-refractivity contribution >= 4 is 23.2 Å². The highest BCUT2D eigenvalue weighted by Crippen LogP contribution is 2.28. The SMILES string of the molecule is CCNC(Cc1cc(C)nn1CC)c1ccc(Cl)cc1Cl. The van der Waals surface area contributed by atoms with Gasteiger partial charge in [0.25, 0.3) is 0 Å². The summed E-state index contributed by atoms with van der Waals surface area (Å²) in [6.07, 6.45) is 0.851. The first-order valence-corrected chi connectivity index (χ1v) is 8.02. The molecule has 0 bridgehead atoms. The molecule has 0 saturated heterocycles. The molecule has 0 aliphatic carbocycles.